The summed E-state index contributed by atoms with van der Waals surface area (Å²) in [5.41, 5.74) is -5.46. The first-order valence-electron chi connectivity index (χ1n) is 7.18. The van der Waals surface area contributed by atoms with Crippen LogP contribution in [-0.2, 0) is 19.9 Å². The molecule has 0 unspecified atom stereocenters. The number of ether oxygens (including phenoxy) is 1. The van der Waals surface area contributed by atoms with Crippen molar-refractivity contribution < 1.29 is 34.7 Å². The van der Waals surface area contributed by atoms with E-state index in [1.807, 2.05) is 0 Å². The first-order valence-corrected chi connectivity index (χ1v) is 10.3. The summed E-state index contributed by atoms with van der Waals surface area (Å²) in [6.45, 7) is -1.56. The lowest BCUT2D eigenvalue weighted by Gasteiger charge is -2.48. The van der Waals surface area contributed by atoms with E-state index in [-0.39, 0.29) is 29.1 Å². The highest BCUT2D eigenvalue weighted by Gasteiger charge is 2.67. The summed E-state index contributed by atoms with van der Waals surface area (Å²) in [4.78, 5) is 7.63. The Hall–Kier alpha value is -1.47. The molecule has 0 aromatic carbocycles. The van der Waals surface area contributed by atoms with Gasteiger partial charge in [0.05, 0.1) is 12.4 Å². The second-order valence-electron chi connectivity index (χ2n) is 5.93. The van der Waals surface area contributed by atoms with Crippen LogP contribution in [0.3, 0.4) is 0 Å². The van der Waals surface area contributed by atoms with Gasteiger partial charge in [-0.1, -0.05) is 0 Å². The van der Waals surface area contributed by atoms with Crippen LogP contribution < -0.4 is 4.74 Å². The number of rotatable bonds is 4. The Labute approximate surface area is 142 Å². The van der Waals surface area contributed by atoms with E-state index in [1.165, 1.54) is 12.4 Å². The lowest BCUT2D eigenvalue weighted by atomic mass is 9.85. The Morgan fingerprint density at radius 3 is 2.44 bits per heavy atom. The molecular formula is C12H14F3N3O5S2. The van der Waals surface area contributed by atoms with Gasteiger partial charge in [0.1, 0.15) is 4.75 Å². The molecular weight excluding hydrogens is 387 g/mol. The van der Waals surface area contributed by atoms with E-state index in [0.29, 0.717) is 0 Å². The molecule has 3 heterocycles. The molecule has 0 bridgehead atoms. The monoisotopic (exact) mass is 401 g/mol. The number of sulfone groups is 1. The smallest absolute Gasteiger partial charge is 0.463 e. The molecule has 1 spiro atoms. The fourth-order valence-electron chi connectivity index (χ4n) is 3.11. The van der Waals surface area contributed by atoms with Gasteiger partial charge in [0, 0.05) is 31.4 Å². The molecule has 0 amide bonds. The molecule has 1 atom stereocenters. The third kappa shape index (κ3) is 2.87. The van der Waals surface area contributed by atoms with Gasteiger partial charge in [-0.25, -0.2) is 26.8 Å². The Kier molecular flexibility index (Phi) is 4.23. The number of hydrogen-bond acceptors (Lipinski definition) is 7. The van der Waals surface area contributed by atoms with Gasteiger partial charge in [-0.3, -0.25) is 0 Å². The number of aromatic nitrogens is 2. The van der Waals surface area contributed by atoms with Crippen molar-refractivity contribution in [3.05, 3.63) is 18.5 Å². The van der Waals surface area contributed by atoms with Gasteiger partial charge in [-0.05, 0) is 12.5 Å². The van der Waals surface area contributed by atoms with Crippen LogP contribution in [0.1, 0.15) is 6.42 Å². The Morgan fingerprint density at radius 1 is 1.28 bits per heavy atom. The fraction of sp³-hybridized carbons (Fsp3) is 0.667. The molecule has 2 aliphatic rings. The highest BCUT2D eigenvalue weighted by atomic mass is 32.2. The Morgan fingerprint density at radius 2 is 1.88 bits per heavy atom. The largest absolute Gasteiger partial charge is 0.511 e. The Balaban J connectivity index is 1.77. The lowest BCUT2D eigenvalue weighted by molar-refractivity contribution is -0.0527. The summed E-state index contributed by atoms with van der Waals surface area (Å²) in [5, 5.41) is 0. The van der Waals surface area contributed by atoms with Gasteiger partial charge in [-0.15, -0.1) is 0 Å². The standard InChI is InChI=1S/C12H14F3N3O5S2/c13-12(14,15)25(21,22)18-7-11(8-18)9(2-5-24(11,19)20)6-23-10-16-3-1-4-17-10/h1,3-4,9H,2,5-8H2/t9-/m1/s1. The minimum Gasteiger partial charge on any atom is -0.463 e. The maximum atomic E-state index is 12.6. The van der Waals surface area contributed by atoms with E-state index in [1.54, 1.807) is 6.07 Å². The first-order chi connectivity index (χ1) is 11.5. The van der Waals surface area contributed by atoms with Crippen LogP contribution in [0, 0.1) is 5.92 Å². The quantitative estimate of drug-likeness (QED) is 0.709. The number of alkyl halides is 3. The van der Waals surface area contributed by atoms with Gasteiger partial charge in [0.2, 0.25) is 0 Å². The zero-order chi connectivity index (χ0) is 18.5. The van der Waals surface area contributed by atoms with E-state index in [0.717, 1.165) is 0 Å². The number of sulfonamides is 1. The highest BCUT2D eigenvalue weighted by molar-refractivity contribution is 7.93. The van der Waals surface area contributed by atoms with E-state index in [2.05, 4.69) is 9.97 Å². The summed E-state index contributed by atoms with van der Waals surface area (Å²) >= 11 is 0. The predicted molar refractivity (Wildman–Crippen MR) is 78.7 cm³/mol. The van der Waals surface area contributed by atoms with Crippen LogP contribution >= 0.6 is 0 Å². The maximum Gasteiger partial charge on any atom is 0.511 e. The molecule has 0 radical (unpaired) electrons. The molecule has 0 N–H and O–H groups in total. The fourth-order valence-corrected chi connectivity index (χ4v) is 6.77. The predicted octanol–water partition coefficient (Wildman–Crippen LogP) is 0.194. The molecule has 8 nitrogen and oxygen atoms in total. The molecule has 0 aliphatic carbocycles. The summed E-state index contributed by atoms with van der Waals surface area (Å²) in [7, 11) is -9.28. The molecule has 2 aliphatic heterocycles. The topological polar surface area (TPSA) is 107 Å². The average molecular weight is 401 g/mol. The third-order valence-electron chi connectivity index (χ3n) is 4.57. The second kappa shape index (κ2) is 5.77. The van der Waals surface area contributed by atoms with E-state index in [9.17, 15) is 30.0 Å². The van der Waals surface area contributed by atoms with Gasteiger partial charge in [-0.2, -0.15) is 17.5 Å². The lowest BCUT2D eigenvalue weighted by Crippen LogP contribution is -2.70. The summed E-state index contributed by atoms with van der Waals surface area (Å²) in [6.07, 6.45) is 3.02. The molecule has 140 valence electrons. The van der Waals surface area contributed by atoms with Crippen molar-refractivity contribution in [2.75, 3.05) is 25.4 Å². The zero-order valence-electron chi connectivity index (χ0n) is 12.7. The van der Waals surface area contributed by atoms with Crippen LogP contribution in [0.4, 0.5) is 13.2 Å². The van der Waals surface area contributed by atoms with Gasteiger partial charge in [0.25, 0.3) is 0 Å². The molecule has 25 heavy (non-hydrogen) atoms. The van der Waals surface area contributed by atoms with Crippen molar-refractivity contribution >= 4 is 19.9 Å². The number of nitrogens with zero attached hydrogens (tertiary/aromatic N) is 3. The number of hydrogen-bond donors (Lipinski definition) is 0. The molecule has 0 saturated carbocycles. The second-order valence-corrected chi connectivity index (χ2v) is 10.3. The van der Waals surface area contributed by atoms with Crippen molar-refractivity contribution in [1.29, 1.82) is 0 Å². The van der Waals surface area contributed by atoms with Crippen LogP contribution in [0.5, 0.6) is 6.01 Å². The summed E-state index contributed by atoms with van der Waals surface area (Å²) < 4.78 is 89.3. The average Bonchev–Trinajstić information content (AvgIpc) is 2.74. The van der Waals surface area contributed by atoms with Gasteiger partial charge >= 0.3 is 21.5 Å². The zero-order valence-corrected chi connectivity index (χ0v) is 14.3. The molecule has 2 saturated heterocycles. The molecule has 13 heteroatoms. The van der Waals surface area contributed by atoms with Crippen LogP contribution in [0.2, 0.25) is 0 Å². The Bertz CT molecular complexity index is 852. The first kappa shape index (κ1) is 18.3. The van der Waals surface area contributed by atoms with Crippen molar-refractivity contribution in [2.45, 2.75) is 16.7 Å². The van der Waals surface area contributed by atoms with Crippen LogP contribution in [0.15, 0.2) is 18.5 Å². The minimum absolute atomic E-state index is 0.0149. The van der Waals surface area contributed by atoms with Crippen molar-refractivity contribution in [3.8, 4) is 6.01 Å². The van der Waals surface area contributed by atoms with Crippen LogP contribution in [-0.4, -0.2) is 66.8 Å². The molecule has 1 aromatic heterocycles. The van der Waals surface area contributed by atoms with E-state index < -0.39 is 49.1 Å². The van der Waals surface area contributed by atoms with Crippen molar-refractivity contribution in [1.82, 2.24) is 14.3 Å². The SMILES string of the molecule is O=S1(=O)CC[C@H](COc2ncccn2)C12CN(S(=O)(=O)C(F)(F)F)C2. The number of halogens is 3. The summed E-state index contributed by atoms with van der Waals surface area (Å²) in [6, 6.07) is 1.57. The van der Waals surface area contributed by atoms with Gasteiger partial charge < -0.3 is 4.74 Å². The van der Waals surface area contributed by atoms with Crippen LogP contribution in [0.25, 0.3) is 0 Å². The highest BCUT2D eigenvalue weighted by Crippen LogP contribution is 2.47. The normalized spacial score (nSPS) is 25.6. The van der Waals surface area contributed by atoms with E-state index >= 15 is 0 Å². The van der Waals surface area contributed by atoms with E-state index in [4.69, 9.17) is 4.74 Å². The maximum absolute atomic E-state index is 12.6. The molecule has 2 fully saturated rings. The molecule has 1 aromatic rings. The third-order valence-corrected chi connectivity index (χ3v) is 8.70. The van der Waals surface area contributed by atoms with Gasteiger partial charge in [0.15, 0.2) is 9.84 Å². The molecule has 3 rings (SSSR count). The van der Waals surface area contributed by atoms with Crippen molar-refractivity contribution in [3.63, 3.8) is 0 Å². The minimum atomic E-state index is -5.54. The summed E-state index contributed by atoms with van der Waals surface area (Å²) in [5.74, 6) is -0.864. The van der Waals surface area contributed by atoms with Crippen molar-refractivity contribution in [2.24, 2.45) is 5.92 Å².